The number of unbranched alkanes of at least 4 members (excludes halogenated alkanes) is 1. The van der Waals surface area contributed by atoms with Crippen LogP contribution in [0.25, 0.3) is 11.1 Å². The van der Waals surface area contributed by atoms with Crippen molar-refractivity contribution in [2.45, 2.75) is 26.2 Å². The summed E-state index contributed by atoms with van der Waals surface area (Å²) in [5.74, 6) is 0.00674. The second-order valence-electron chi connectivity index (χ2n) is 5.47. The van der Waals surface area contributed by atoms with E-state index in [0.29, 0.717) is 0 Å². The number of fused-ring (bicyclic) bond motifs is 1. The van der Waals surface area contributed by atoms with Crippen molar-refractivity contribution in [1.29, 1.82) is 0 Å². The quantitative estimate of drug-likeness (QED) is 0.720. The number of allylic oxidation sites excluding steroid dienone is 1. The minimum Gasteiger partial charge on any atom is -0.321 e. The van der Waals surface area contributed by atoms with Crippen LogP contribution < -0.4 is 5.32 Å². The summed E-state index contributed by atoms with van der Waals surface area (Å²) >= 11 is 3.53. The van der Waals surface area contributed by atoms with E-state index in [1.54, 1.807) is 0 Å². The van der Waals surface area contributed by atoms with Crippen LogP contribution in [0.5, 0.6) is 0 Å². The molecule has 0 atom stereocenters. The van der Waals surface area contributed by atoms with E-state index in [1.165, 1.54) is 0 Å². The molecule has 1 heterocycles. The van der Waals surface area contributed by atoms with Gasteiger partial charge in [-0.05, 0) is 42.2 Å². The first-order valence-corrected chi connectivity index (χ1v) is 8.40. The number of para-hydroxylation sites is 1. The summed E-state index contributed by atoms with van der Waals surface area (Å²) in [7, 11) is 0. The summed E-state index contributed by atoms with van der Waals surface area (Å²) in [4.78, 5) is 12.5. The monoisotopic (exact) mass is 355 g/mol. The summed E-state index contributed by atoms with van der Waals surface area (Å²) in [5.41, 5.74) is 4.99. The molecule has 1 N–H and O–H groups in total. The lowest BCUT2D eigenvalue weighted by Gasteiger charge is -2.12. The third-order valence-corrected chi connectivity index (χ3v) is 4.42. The minimum atomic E-state index is 0.00674. The van der Waals surface area contributed by atoms with Crippen LogP contribution in [-0.4, -0.2) is 5.91 Å². The summed E-state index contributed by atoms with van der Waals surface area (Å²) in [6.45, 7) is 2.17. The average molecular weight is 356 g/mol. The highest BCUT2D eigenvalue weighted by molar-refractivity contribution is 9.10. The fourth-order valence-electron chi connectivity index (χ4n) is 2.86. The highest BCUT2D eigenvalue weighted by Gasteiger charge is 2.27. The Balaban J connectivity index is 2.18. The summed E-state index contributed by atoms with van der Waals surface area (Å²) in [6.07, 6.45) is 3.08. The zero-order valence-corrected chi connectivity index (χ0v) is 14.1. The number of halogens is 1. The summed E-state index contributed by atoms with van der Waals surface area (Å²) < 4.78 is 1.03. The topological polar surface area (TPSA) is 29.1 Å². The maximum absolute atomic E-state index is 12.5. The van der Waals surface area contributed by atoms with Crippen LogP contribution in [0.2, 0.25) is 0 Å². The van der Waals surface area contributed by atoms with Crippen LogP contribution in [0.1, 0.15) is 37.3 Å². The van der Waals surface area contributed by atoms with Crippen molar-refractivity contribution in [3.8, 4) is 0 Å². The first-order valence-electron chi connectivity index (χ1n) is 7.60. The van der Waals surface area contributed by atoms with E-state index in [-0.39, 0.29) is 5.91 Å². The molecule has 2 nitrogen and oxygen atoms in total. The van der Waals surface area contributed by atoms with Crippen molar-refractivity contribution in [3.63, 3.8) is 0 Å². The molecule has 0 unspecified atom stereocenters. The Morgan fingerprint density at radius 1 is 1.14 bits per heavy atom. The van der Waals surface area contributed by atoms with Crippen LogP contribution in [0.15, 0.2) is 53.0 Å². The lowest BCUT2D eigenvalue weighted by molar-refractivity contribution is -0.110. The van der Waals surface area contributed by atoms with E-state index in [4.69, 9.17) is 0 Å². The van der Waals surface area contributed by atoms with Gasteiger partial charge in [-0.25, -0.2) is 0 Å². The molecule has 3 rings (SSSR count). The van der Waals surface area contributed by atoms with Gasteiger partial charge in [0, 0.05) is 15.7 Å². The second kappa shape index (κ2) is 6.49. The predicted octanol–water partition coefficient (Wildman–Crippen LogP) is 5.50. The smallest absolute Gasteiger partial charge is 0.256 e. The molecule has 0 saturated heterocycles. The number of benzene rings is 2. The molecule has 1 amide bonds. The number of nitrogens with one attached hydrogen (secondary N) is 1. The van der Waals surface area contributed by atoms with Gasteiger partial charge in [0.15, 0.2) is 0 Å². The van der Waals surface area contributed by atoms with Crippen molar-refractivity contribution in [2.75, 3.05) is 5.32 Å². The Kier molecular flexibility index (Phi) is 4.44. The van der Waals surface area contributed by atoms with Gasteiger partial charge in [-0.15, -0.1) is 0 Å². The van der Waals surface area contributed by atoms with E-state index in [1.807, 2.05) is 36.4 Å². The number of carbonyl (C=O) groups excluding carboxylic acids is 1. The molecule has 112 valence electrons. The molecule has 0 bridgehead atoms. The fraction of sp³-hybridized carbons (Fsp3) is 0.211. The van der Waals surface area contributed by atoms with Crippen LogP contribution in [-0.2, 0) is 4.79 Å². The van der Waals surface area contributed by atoms with Gasteiger partial charge in [0.2, 0.25) is 0 Å². The van der Waals surface area contributed by atoms with Crippen LogP contribution in [0.3, 0.4) is 0 Å². The number of hydrogen-bond donors (Lipinski definition) is 1. The molecular formula is C19H18BrNO. The predicted molar refractivity (Wildman–Crippen MR) is 95.6 cm³/mol. The Bertz CT molecular complexity index is 749. The van der Waals surface area contributed by atoms with Gasteiger partial charge >= 0.3 is 0 Å². The van der Waals surface area contributed by atoms with Crippen molar-refractivity contribution >= 4 is 38.7 Å². The molecule has 0 aliphatic carbocycles. The average Bonchev–Trinajstić information content (AvgIpc) is 2.84. The van der Waals surface area contributed by atoms with Crippen molar-refractivity contribution < 1.29 is 4.79 Å². The number of hydrogen-bond acceptors (Lipinski definition) is 1. The lowest BCUT2D eigenvalue weighted by atomic mass is 9.92. The Morgan fingerprint density at radius 2 is 1.95 bits per heavy atom. The molecule has 2 aromatic carbocycles. The minimum absolute atomic E-state index is 0.00674. The van der Waals surface area contributed by atoms with E-state index in [2.05, 4.69) is 40.3 Å². The Morgan fingerprint density at radius 3 is 2.73 bits per heavy atom. The zero-order valence-electron chi connectivity index (χ0n) is 12.5. The first kappa shape index (κ1) is 15.0. The number of rotatable bonds is 4. The molecule has 0 saturated carbocycles. The van der Waals surface area contributed by atoms with Gasteiger partial charge < -0.3 is 5.32 Å². The molecular weight excluding hydrogens is 338 g/mol. The molecule has 2 aromatic rings. The molecule has 1 aliphatic rings. The van der Waals surface area contributed by atoms with E-state index in [0.717, 1.165) is 51.7 Å². The molecule has 0 spiro atoms. The second-order valence-corrected chi connectivity index (χ2v) is 6.38. The lowest BCUT2D eigenvalue weighted by Crippen LogP contribution is -2.06. The highest BCUT2D eigenvalue weighted by Crippen LogP contribution is 2.39. The highest BCUT2D eigenvalue weighted by atomic mass is 79.9. The van der Waals surface area contributed by atoms with Crippen molar-refractivity contribution in [1.82, 2.24) is 0 Å². The molecule has 0 aromatic heterocycles. The van der Waals surface area contributed by atoms with Gasteiger partial charge in [-0.1, -0.05) is 59.6 Å². The van der Waals surface area contributed by atoms with E-state index in [9.17, 15) is 4.79 Å². The van der Waals surface area contributed by atoms with Crippen LogP contribution in [0, 0.1) is 0 Å². The maximum Gasteiger partial charge on any atom is 0.256 e. The summed E-state index contributed by atoms with van der Waals surface area (Å²) in [6, 6.07) is 16.1. The SMILES string of the molecule is CCCC/C(=C1/C(=O)Nc2ccccc21)c1cccc(Br)c1. The molecule has 3 heteroatoms. The third-order valence-electron chi connectivity index (χ3n) is 3.93. The molecule has 1 aliphatic heterocycles. The van der Waals surface area contributed by atoms with Gasteiger partial charge in [-0.3, -0.25) is 4.79 Å². The normalized spacial score (nSPS) is 15.5. The summed E-state index contributed by atoms with van der Waals surface area (Å²) in [5, 5.41) is 2.98. The van der Waals surface area contributed by atoms with Crippen molar-refractivity contribution in [3.05, 3.63) is 64.1 Å². The van der Waals surface area contributed by atoms with Gasteiger partial charge in [0.1, 0.15) is 0 Å². The molecule has 0 fully saturated rings. The van der Waals surface area contributed by atoms with Crippen LogP contribution in [0.4, 0.5) is 5.69 Å². The Labute approximate surface area is 139 Å². The number of amides is 1. The van der Waals surface area contributed by atoms with Gasteiger partial charge in [0.25, 0.3) is 5.91 Å². The molecule has 0 radical (unpaired) electrons. The fourth-order valence-corrected chi connectivity index (χ4v) is 3.26. The third kappa shape index (κ3) is 2.86. The van der Waals surface area contributed by atoms with Crippen molar-refractivity contribution in [2.24, 2.45) is 0 Å². The van der Waals surface area contributed by atoms with E-state index < -0.39 is 0 Å². The largest absolute Gasteiger partial charge is 0.321 e. The first-order chi connectivity index (χ1) is 10.7. The van der Waals surface area contributed by atoms with Crippen LogP contribution >= 0.6 is 15.9 Å². The zero-order chi connectivity index (χ0) is 15.5. The van der Waals surface area contributed by atoms with Gasteiger partial charge in [0.05, 0.1) is 5.57 Å². The Hall–Kier alpha value is -1.87. The van der Waals surface area contributed by atoms with E-state index >= 15 is 0 Å². The number of carbonyl (C=O) groups is 1. The standard InChI is InChI=1S/C19H18BrNO/c1-2-3-9-15(13-7-6-8-14(20)12-13)18-16-10-4-5-11-17(16)21-19(18)22/h4-8,10-12H,2-3,9H2,1H3,(H,21,22)/b18-15-. The molecule has 22 heavy (non-hydrogen) atoms. The maximum atomic E-state index is 12.5. The van der Waals surface area contributed by atoms with Gasteiger partial charge in [-0.2, -0.15) is 0 Å². The number of anilines is 1.